The second-order valence-corrected chi connectivity index (χ2v) is 3.99. The summed E-state index contributed by atoms with van der Waals surface area (Å²) in [6, 6.07) is 11.8. The molecule has 0 N–H and O–H groups in total. The highest BCUT2D eigenvalue weighted by Crippen LogP contribution is 2.03. The van der Waals surface area contributed by atoms with Crippen LogP contribution >= 0.6 is 0 Å². The van der Waals surface area contributed by atoms with Crippen LogP contribution in [0.5, 0.6) is 6.01 Å². The van der Waals surface area contributed by atoms with Crippen molar-refractivity contribution in [3.05, 3.63) is 61.2 Å². The van der Waals surface area contributed by atoms with Crippen molar-refractivity contribution in [1.82, 2.24) is 15.0 Å². The number of hydrogen-bond donors (Lipinski definition) is 0. The Morgan fingerprint density at radius 3 is 1.55 bits per heavy atom. The Bertz CT molecular complexity index is 646. The van der Waals surface area contributed by atoms with E-state index in [1.807, 2.05) is 61.2 Å². The summed E-state index contributed by atoms with van der Waals surface area (Å²) in [5, 5.41) is 0. The van der Waals surface area contributed by atoms with Crippen LogP contribution in [0.3, 0.4) is 0 Å². The highest BCUT2D eigenvalue weighted by molar-refractivity contribution is 5.09. The van der Waals surface area contributed by atoms with Gasteiger partial charge in [-0.25, -0.2) is 9.13 Å². The van der Waals surface area contributed by atoms with Crippen molar-refractivity contribution in [3.8, 4) is 17.9 Å². The summed E-state index contributed by atoms with van der Waals surface area (Å²) in [6.45, 7) is 0. The summed E-state index contributed by atoms with van der Waals surface area (Å²) < 4.78 is 8.76. The SMILES string of the molecule is COc1nc(-[n+]2ccccc2)nc(-[n+]2ccccc2)n1. The van der Waals surface area contributed by atoms with Crippen LogP contribution in [0.15, 0.2) is 61.2 Å². The van der Waals surface area contributed by atoms with E-state index in [4.69, 9.17) is 4.74 Å². The lowest BCUT2D eigenvalue weighted by Gasteiger charge is -1.97. The number of rotatable bonds is 3. The van der Waals surface area contributed by atoms with E-state index in [1.54, 1.807) is 9.13 Å². The average molecular weight is 267 g/mol. The quantitative estimate of drug-likeness (QED) is 0.646. The third-order valence-electron chi connectivity index (χ3n) is 2.67. The van der Waals surface area contributed by atoms with Gasteiger partial charge in [0.2, 0.25) is 0 Å². The molecule has 0 aliphatic rings. The van der Waals surface area contributed by atoms with Gasteiger partial charge >= 0.3 is 17.9 Å². The predicted octanol–water partition coefficient (Wildman–Crippen LogP) is 0.434. The number of methoxy groups -OCH3 is 1. The topological polar surface area (TPSA) is 55.7 Å². The maximum Gasteiger partial charge on any atom is 0.478 e. The standard InChI is InChI=1S/C14H13N5O/c1-20-14-16-12(18-8-4-2-5-9-18)15-13(17-14)19-10-6-3-7-11-19/h2-11H,1H3/q+2. The fraction of sp³-hybridized carbons (Fsp3) is 0.0714. The molecule has 6 nitrogen and oxygen atoms in total. The van der Waals surface area contributed by atoms with Crippen LogP contribution < -0.4 is 13.9 Å². The second kappa shape index (κ2) is 5.40. The Morgan fingerprint density at radius 1 is 0.700 bits per heavy atom. The summed E-state index contributed by atoms with van der Waals surface area (Å²) in [6.07, 6.45) is 7.48. The molecule has 0 atom stereocenters. The largest absolute Gasteiger partial charge is 0.478 e. The van der Waals surface area contributed by atoms with E-state index in [2.05, 4.69) is 15.0 Å². The summed E-state index contributed by atoms with van der Waals surface area (Å²) in [5.74, 6) is 1.01. The Balaban J connectivity index is 2.13. The van der Waals surface area contributed by atoms with Gasteiger partial charge in [0.05, 0.1) is 31.9 Å². The molecule has 20 heavy (non-hydrogen) atoms. The van der Waals surface area contributed by atoms with Gasteiger partial charge in [-0.15, -0.1) is 0 Å². The maximum atomic E-state index is 5.15. The first kappa shape index (κ1) is 12.2. The van der Waals surface area contributed by atoms with E-state index < -0.39 is 0 Å². The molecule has 0 aliphatic carbocycles. The first-order valence-electron chi connectivity index (χ1n) is 6.10. The highest BCUT2D eigenvalue weighted by Gasteiger charge is 2.23. The molecule has 3 aromatic rings. The number of pyridine rings is 2. The molecule has 0 unspecified atom stereocenters. The Labute approximate surface area is 116 Å². The Morgan fingerprint density at radius 2 is 1.15 bits per heavy atom. The van der Waals surface area contributed by atoms with Crippen molar-refractivity contribution in [2.45, 2.75) is 0 Å². The first-order valence-corrected chi connectivity index (χ1v) is 6.10. The molecule has 0 radical (unpaired) electrons. The van der Waals surface area contributed by atoms with Gasteiger partial charge in [0, 0.05) is 15.0 Å². The first-order chi connectivity index (χ1) is 9.86. The van der Waals surface area contributed by atoms with Gasteiger partial charge in [0.15, 0.2) is 0 Å². The van der Waals surface area contributed by atoms with Gasteiger partial charge in [-0.1, -0.05) is 12.1 Å². The van der Waals surface area contributed by atoms with E-state index in [1.165, 1.54) is 7.11 Å². The van der Waals surface area contributed by atoms with E-state index >= 15 is 0 Å². The van der Waals surface area contributed by atoms with Gasteiger partial charge < -0.3 is 4.74 Å². The lowest BCUT2D eigenvalue weighted by Crippen LogP contribution is -2.37. The van der Waals surface area contributed by atoms with Crippen LogP contribution in [0, 0.1) is 0 Å². The molecule has 0 fully saturated rings. The third kappa shape index (κ3) is 2.44. The number of hydrogen-bond acceptors (Lipinski definition) is 4. The minimum atomic E-state index is 0.276. The molecule has 0 saturated heterocycles. The maximum absolute atomic E-state index is 5.15. The molecule has 98 valence electrons. The van der Waals surface area contributed by atoms with Crippen molar-refractivity contribution in [1.29, 1.82) is 0 Å². The molecule has 0 aromatic carbocycles. The number of ether oxygens (including phenoxy) is 1. The lowest BCUT2D eigenvalue weighted by molar-refractivity contribution is -0.616. The fourth-order valence-corrected chi connectivity index (χ4v) is 1.72. The van der Waals surface area contributed by atoms with Crippen molar-refractivity contribution in [3.63, 3.8) is 0 Å². The predicted molar refractivity (Wildman–Crippen MR) is 69.4 cm³/mol. The molecule has 0 aliphatic heterocycles. The lowest BCUT2D eigenvalue weighted by atomic mass is 10.5. The van der Waals surface area contributed by atoms with E-state index in [9.17, 15) is 0 Å². The monoisotopic (exact) mass is 267 g/mol. The third-order valence-corrected chi connectivity index (χ3v) is 2.67. The van der Waals surface area contributed by atoms with E-state index in [-0.39, 0.29) is 6.01 Å². The molecular formula is C14H13N5O+2. The minimum Gasteiger partial charge on any atom is -0.442 e. The highest BCUT2D eigenvalue weighted by atomic mass is 16.5. The molecule has 3 rings (SSSR count). The van der Waals surface area contributed by atoms with Crippen molar-refractivity contribution >= 4 is 0 Å². The molecule has 3 aromatic heterocycles. The Hall–Kier alpha value is -2.89. The van der Waals surface area contributed by atoms with Gasteiger partial charge in [0.1, 0.15) is 0 Å². The van der Waals surface area contributed by atoms with Crippen molar-refractivity contribution < 1.29 is 13.9 Å². The summed E-state index contributed by atoms with van der Waals surface area (Å²) in [5.41, 5.74) is 0. The van der Waals surface area contributed by atoms with E-state index in [0.717, 1.165) is 0 Å². The Kier molecular flexibility index (Phi) is 3.28. The minimum absolute atomic E-state index is 0.276. The number of nitrogens with zero attached hydrogens (tertiary/aromatic N) is 5. The molecule has 0 amide bonds. The van der Waals surface area contributed by atoms with Gasteiger partial charge in [-0.2, -0.15) is 0 Å². The zero-order valence-corrected chi connectivity index (χ0v) is 10.9. The van der Waals surface area contributed by atoms with Crippen LogP contribution in [0.2, 0.25) is 0 Å². The second-order valence-electron chi connectivity index (χ2n) is 3.99. The summed E-state index contributed by atoms with van der Waals surface area (Å²) in [4.78, 5) is 13.0. The zero-order valence-electron chi connectivity index (χ0n) is 10.9. The zero-order chi connectivity index (χ0) is 13.8. The van der Waals surface area contributed by atoms with Crippen LogP contribution in [0.1, 0.15) is 0 Å². The molecule has 3 heterocycles. The molecule has 0 saturated carbocycles. The smallest absolute Gasteiger partial charge is 0.442 e. The van der Waals surface area contributed by atoms with Crippen molar-refractivity contribution in [2.75, 3.05) is 7.11 Å². The molecule has 0 bridgehead atoms. The van der Waals surface area contributed by atoms with Gasteiger partial charge in [0.25, 0.3) is 0 Å². The van der Waals surface area contributed by atoms with Gasteiger partial charge in [-0.3, -0.25) is 0 Å². The van der Waals surface area contributed by atoms with Crippen molar-refractivity contribution in [2.24, 2.45) is 0 Å². The summed E-state index contributed by atoms with van der Waals surface area (Å²) >= 11 is 0. The number of aromatic nitrogens is 5. The van der Waals surface area contributed by atoms with Crippen LogP contribution in [-0.2, 0) is 0 Å². The van der Waals surface area contributed by atoms with Gasteiger partial charge in [-0.05, 0) is 24.3 Å². The molecule has 0 spiro atoms. The molecule has 6 heteroatoms. The van der Waals surface area contributed by atoms with E-state index in [0.29, 0.717) is 11.9 Å². The summed E-state index contributed by atoms with van der Waals surface area (Å²) in [7, 11) is 1.54. The van der Waals surface area contributed by atoms with Crippen LogP contribution in [0.4, 0.5) is 0 Å². The fourth-order valence-electron chi connectivity index (χ4n) is 1.72. The average Bonchev–Trinajstić information content (AvgIpc) is 2.56. The van der Waals surface area contributed by atoms with Crippen LogP contribution in [0.25, 0.3) is 11.9 Å². The normalized spacial score (nSPS) is 10.2. The molecular weight excluding hydrogens is 254 g/mol. The van der Waals surface area contributed by atoms with Crippen LogP contribution in [-0.4, -0.2) is 22.1 Å².